The number of aromatic nitrogens is 6. The smallest absolute Gasteiger partial charge is 0.356 e. The molecule has 0 aliphatic rings. The largest absolute Gasteiger partial charge is 0.476 e. The van der Waals surface area contributed by atoms with Crippen LogP contribution in [0.5, 0.6) is 0 Å². The van der Waals surface area contributed by atoms with Gasteiger partial charge in [0, 0.05) is 12.3 Å². The van der Waals surface area contributed by atoms with Gasteiger partial charge in [-0.3, -0.25) is 0 Å². The molecule has 90 valence electrons. The standard InChI is InChI=1S/C9H6N6O3/c16-8(17)5-1-2-15(13-5)6-3-7-11-12-9(18)14(7)4-10-6/h1-4H,(H,12,18)(H,16,17). The molecule has 0 radical (unpaired) electrons. The molecule has 2 N–H and O–H groups in total. The minimum Gasteiger partial charge on any atom is -0.476 e. The molecule has 0 saturated heterocycles. The summed E-state index contributed by atoms with van der Waals surface area (Å²) in [6.45, 7) is 0. The molecule has 0 saturated carbocycles. The van der Waals surface area contributed by atoms with Gasteiger partial charge < -0.3 is 5.11 Å². The maximum Gasteiger partial charge on any atom is 0.356 e. The van der Waals surface area contributed by atoms with Crippen LogP contribution in [0.1, 0.15) is 10.5 Å². The number of aromatic carboxylic acids is 1. The van der Waals surface area contributed by atoms with Crippen LogP contribution in [0.15, 0.2) is 29.5 Å². The van der Waals surface area contributed by atoms with Crippen molar-refractivity contribution in [2.75, 3.05) is 0 Å². The number of carbonyl (C=O) groups is 1. The lowest BCUT2D eigenvalue weighted by Crippen LogP contribution is -2.10. The van der Waals surface area contributed by atoms with Crippen molar-refractivity contribution in [3.05, 3.63) is 40.8 Å². The molecule has 3 aromatic heterocycles. The van der Waals surface area contributed by atoms with E-state index in [2.05, 4.69) is 20.3 Å². The SMILES string of the molecule is O=C(O)c1ccn(-c2cc3n[nH]c(=O)n3cn2)n1. The second-order valence-corrected chi connectivity index (χ2v) is 3.45. The molecular weight excluding hydrogens is 240 g/mol. The monoisotopic (exact) mass is 246 g/mol. The average molecular weight is 246 g/mol. The molecule has 0 aliphatic heterocycles. The summed E-state index contributed by atoms with van der Waals surface area (Å²) in [5.74, 6) is -0.750. The Bertz CT molecular complexity index is 798. The van der Waals surface area contributed by atoms with Crippen LogP contribution < -0.4 is 5.69 Å². The zero-order chi connectivity index (χ0) is 12.7. The van der Waals surface area contributed by atoms with Crippen molar-refractivity contribution < 1.29 is 9.90 Å². The summed E-state index contributed by atoms with van der Waals surface area (Å²) >= 11 is 0. The average Bonchev–Trinajstić information content (AvgIpc) is 2.96. The number of carboxylic acid groups (broad SMARTS) is 1. The predicted octanol–water partition coefficient (Wildman–Crippen LogP) is -0.699. The van der Waals surface area contributed by atoms with E-state index in [-0.39, 0.29) is 5.69 Å². The van der Waals surface area contributed by atoms with Gasteiger partial charge >= 0.3 is 11.7 Å². The van der Waals surface area contributed by atoms with Gasteiger partial charge in [-0.2, -0.15) is 10.2 Å². The first kappa shape index (κ1) is 10.2. The molecule has 9 heteroatoms. The number of carboxylic acids is 1. The van der Waals surface area contributed by atoms with Crippen LogP contribution in [-0.2, 0) is 0 Å². The van der Waals surface area contributed by atoms with Crippen molar-refractivity contribution in [3.63, 3.8) is 0 Å². The van der Waals surface area contributed by atoms with Crippen molar-refractivity contribution in [3.8, 4) is 5.82 Å². The molecule has 3 heterocycles. The van der Waals surface area contributed by atoms with Gasteiger partial charge in [-0.1, -0.05) is 0 Å². The Hall–Kier alpha value is -2.97. The molecule has 9 nitrogen and oxygen atoms in total. The van der Waals surface area contributed by atoms with E-state index >= 15 is 0 Å². The number of nitrogens with zero attached hydrogens (tertiary/aromatic N) is 5. The van der Waals surface area contributed by atoms with Crippen molar-refractivity contribution in [1.29, 1.82) is 0 Å². The van der Waals surface area contributed by atoms with Crippen LogP contribution in [-0.4, -0.2) is 40.4 Å². The minimum atomic E-state index is -1.12. The number of nitrogens with one attached hydrogen (secondary N) is 1. The van der Waals surface area contributed by atoms with E-state index in [1.165, 1.54) is 33.7 Å². The van der Waals surface area contributed by atoms with Crippen LogP contribution in [0.25, 0.3) is 11.5 Å². The highest BCUT2D eigenvalue weighted by Crippen LogP contribution is 2.05. The van der Waals surface area contributed by atoms with Crippen molar-refractivity contribution in [2.24, 2.45) is 0 Å². The van der Waals surface area contributed by atoms with E-state index in [4.69, 9.17) is 5.11 Å². The normalized spacial score (nSPS) is 10.9. The third-order valence-corrected chi connectivity index (χ3v) is 2.34. The fourth-order valence-corrected chi connectivity index (χ4v) is 1.49. The number of hydrogen-bond acceptors (Lipinski definition) is 5. The van der Waals surface area contributed by atoms with Gasteiger partial charge in [-0.15, -0.1) is 0 Å². The third-order valence-electron chi connectivity index (χ3n) is 2.34. The van der Waals surface area contributed by atoms with Crippen LogP contribution >= 0.6 is 0 Å². The maximum absolute atomic E-state index is 11.2. The number of hydrogen-bond donors (Lipinski definition) is 2. The third kappa shape index (κ3) is 1.45. The van der Waals surface area contributed by atoms with Gasteiger partial charge in [0.25, 0.3) is 0 Å². The Morgan fingerprint density at radius 2 is 2.28 bits per heavy atom. The van der Waals surface area contributed by atoms with E-state index in [9.17, 15) is 9.59 Å². The first-order valence-electron chi connectivity index (χ1n) is 4.87. The minimum absolute atomic E-state index is 0.0870. The lowest BCUT2D eigenvalue weighted by Gasteiger charge is -1.99. The summed E-state index contributed by atoms with van der Waals surface area (Å²) in [5, 5.41) is 18.6. The topological polar surface area (TPSA) is 118 Å². The number of aromatic amines is 1. The number of H-pyrrole nitrogens is 1. The van der Waals surface area contributed by atoms with Crippen LogP contribution in [0, 0.1) is 0 Å². The molecular formula is C9H6N6O3. The Morgan fingerprint density at radius 3 is 3.00 bits per heavy atom. The van der Waals surface area contributed by atoms with E-state index in [1.54, 1.807) is 0 Å². The van der Waals surface area contributed by atoms with Crippen molar-refractivity contribution >= 4 is 11.6 Å². The highest BCUT2D eigenvalue weighted by molar-refractivity contribution is 5.85. The molecule has 0 atom stereocenters. The molecule has 0 unspecified atom stereocenters. The van der Waals surface area contributed by atoms with Crippen molar-refractivity contribution in [2.45, 2.75) is 0 Å². The van der Waals surface area contributed by atoms with Gasteiger partial charge in [0.15, 0.2) is 17.2 Å². The molecule has 0 aliphatic carbocycles. The molecule has 0 fully saturated rings. The molecule has 3 rings (SSSR count). The molecule has 0 aromatic carbocycles. The van der Waals surface area contributed by atoms with Gasteiger partial charge in [0.2, 0.25) is 0 Å². The van der Waals surface area contributed by atoms with E-state index in [0.29, 0.717) is 11.5 Å². The summed E-state index contributed by atoms with van der Waals surface area (Å²) in [6, 6.07) is 2.86. The highest BCUT2D eigenvalue weighted by Gasteiger charge is 2.09. The predicted molar refractivity (Wildman–Crippen MR) is 57.7 cm³/mol. The molecule has 3 aromatic rings. The summed E-state index contributed by atoms with van der Waals surface area (Å²) in [5.41, 5.74) is -0.107. The van der Waals surface area contributed by atoms with Gasteiger partial charge in [0.1, 0.15) is 6.33 Å². The van der Waals surface area contributed by atoms with Crippen LogP contribution in [0.3, 0.4) is 0 Å². The van der Waals surface area contributed by atoms with Gasteiger partial charge in [-0.25, -0.2) is 28.8 Å². The fourth-order valence-electron chi connectivity index (χ4n) is 1.49. The lowest BCUT2D eigenvalue weighted by molar-refractivity contribution is 0.0690. The summed E-state index contributed by atoms with van der Waals surface area (Å²) < 4.78 is 2.52. The Kier molecular flexibility index (Phi) is 1.99. The molecule has 0 spiro atoms. The molecule has 0 amide bonds. The first-order chi connectivity index (χ1) is 8.65. The lowest BCUT2D eigenvalue weighted by atomic mass is 10.5. The maximum atomic E-state index is 11.2. The van der Waals surface area contributed by atoms with E-state index in [1.807, 2.05) is 0 Å². The number of fused-ring (bicyclic) bond motifs is 1. The Labute approximate surface area is 98.3 Å². The number of rotatable bonds is 2. The Morgan fingerprint density at radius 1 is 1.44 bits per heavy atom. The van der Waals surface area contributed by atoms with E-state index < -0.39 is 11.7 Å². The summed E-state index contributed by atoms with van der Waals surface area (Å²) in [6.07, 6.45) is 2.76. The second-order valence-electron chi connectivity index (χ2n) is 3.45. The van der Waals surface area contributed by atoms with Crippen LogP contribution in [0.4, 0.5) is 0 Å². The second kappa shape index (κ2) is 3.52. The Balaban J connectivity index is 2.13. The van der Waals surface area contributed by atoms with Crippen LogP contribution in [0.2, 0.25) is 0 Å². The van der Waals surface area contributed by atoms with Gasteiger partial charge in [-0.05, 0) is 6.07 Å². The molecule has 0 bridgehead atoms. The summed E-state index contributed by atoms with van der Waals surface area (Å²) in [4.78, 5) is 25.9. The van der Waals surface area contributed by atoms with Crippen molar-refractivity contribution in [1.82, 2.24) is 29.4 Å². The first-order valence-corrected chi connectivity index (χ1v) is 4.87. The summed E-state index contributed by atoms with van der Waals surface area (Å²) in [7, 11) is 0. The fraction of sp³-hybridized carbons (Fsp3) is 0. The van der Waals surface area contributed by atoms with Gasteiger partial charge in [0.05, 0.1) is 0 Å². The van der Waals surface area contributed by atoms with E-state index in [0.717, 1.165) is 0 Å². The zero-order valence-corrected chi connectivity index (χ0v) is 8.81. The molecule has 18 heavy (non-hydrogen) atoms. The zero-order valence-electron chi connectivity index (χ0n) is 8.81. The highest BCUT2D eigenvalue weighted by atomic mass is 16.4. The quantitative estimate of drug-likeness (QED) is 0.617.